The molecule has 9 heteroatoms. The highest BCUT2D eigenvalue weighted by molar-refractivity contribution is 6.32. The predicted molar refractivity (Wildman–Crippen MR) is 123 cm³/mol. The van der Waals surface area contributed by atoms with Gasteiger partial charge in [-0.3, -0.25) is 4.79 Å². The molecule has 32 heavy (non-hydrogen) atoms. The third kappa shape index (κ3) is 4.27. The van der Waals surface area contributed by atoms with E-state index in [4.69, 9.17) is 11.6 Å². The van der Waals surface area contributed by atoms with E-state index in [1.165, 1.54) is 18.3 Å². The van der Waals surface area contributed by atoms with Gasteiger partial charge in [-0.25, -0.2) is 19.5 Å². The fourth-order valence-corrected chi connectivity index (χ4v) is 3.88. The molecular formula is C23H22ClFN6O. The Bertz CT molecular complexity index is 1320. The van der Waals surface area contributed by atoms with Crippen molar-refractivity contribution in [3.05, 3.63) is 81.6 Å². The SMILES string of the molecule is CCn1c(C)nc2cc(C(=O)N/N=C/c3c(C)nn(Cc4ccc(F)cc4)c3Cl)ccc21. The first-order valence-corrected chi connectivity index (χ1v) is 10.5. The number of fused-ring (bicyclic) bond motifs is 1. The van der Waals surface area contributed by atoms with Crippen LogP contribution in [-0.2, 0) is 13.1 Å². The van der Waals surface area contributed by atoms with Gasteiger partial charge >= 0.3 is 0 Å². The largest absolute Gasteiger partial charge is 0.329 e. The third-order valence-corrected chi connectivity index (χ3v) is 5.63. The number of hydrazone groups is 1. The van der Waals surface area contributed by atoms with Gasteiger partial charge in [0.2, 0.25) is 0 Å². The number of halogens is 2. The molecule has 1 amide bonds. The molecule has 0 aliphatic carbocycles. The van der Waals surface area contributed by atoms with E-state index in [2.05, 4.69) is 32.1 Å². The second kappa shape index (κ2) is 8.92. The molecule has 164 valence electrons. The van der Waals surface area contributed by atoms with Crippen molar-refractivity contribution in [2.75, 3.05) is 0 Å². The van der Waals surface area contributed by atoms with Crippen molar-refractivity contribution in [3.63, 3.8) is 0 Å². The van der Waals surface area contributed by atoms with Gasteiger partial charge in [-0.05, 0) is 56.7 Å². The summed E-state index contributed by atoms with van der Waals surface area (Å²) in [5.41, 5.74) is 6.87. The molecule has 0 aliphatic heterocycles. The van der Waals surface area contributed by atoms with E-state index in [0.29, 0.717) is 28.5 Å². The average molecular weight is 453 g/mol. The molecule has 0 unspecified atom stereocenters. The summed E-state index contributed by atoms with van der Waals surface area (Å²) in [6, 6.07) is 11.5. The fraction of sp³-hybridized carbons (Fsp3) is 0.217. The molecule has 0 radical (unpaired) electrons. The molecule has 4 aromatic rings. The van der Waals surface area contributed by atoms with Gasteiger partial charge in [0.05, 0.1) is 35.1 Å². The van der Waals surface area contributed by atoms with Crippen LogP contribution in [0.2, 0.25) is 5.15 Å². The average Bonchev–Trinajstić information content (AvgIpc) is 3.23. The van der Waals surface area contributed by atoms with E-state index >= 15 is 0 Å². The summed E-state index contributed by atoms with van der Waals surface area (Å²) >= 11 is 6.45. The van der Waals surface area contributed by atoms with Gasteiger partial charge in [-0.2, -0.15) is 10.2 Å². The third-order valence-electron chi connectivity index (χ3n) is 5.23. The molecule has 4 rings (SSSR count). The zero-order valence-electron chi connectivity index (χ0n) is 17.9. The number of rotatable bonds is 6. The van der Waals surface area contributed by atoms with Gasteiger partial charge < -0.3 is 4.57 Å². The maximum Gasteiger partial charge on any atom is 0.271 e. The number of aryl methyl sites for hydroxylation is 3. The molecule has 0 fully saturated rings. The van der Waals surface area contributed by atoms with Crippen LogP contribution in [0.15, 0.2) is 47.6 Å². The van der Waals surface area contributed by atoms with Crippen LogP contribution in [0.3, 0.4) is 0 Å². The first-order valence-electron chi connectivity index (χ1n) is 10.1. The Morgan fingerprint density at radius 2 is 1.97 bits per heavy atom. The summed E-state index contributed by atoms with van der Waals surface area (Å²) in [6.07, 6.45) is 1.47. The second-order valence-electron chi connectivity index (χ2n) is 7.38. The molecule has 2 aromatic carbocycles. The van der Waals surface area contributed by atoms with E-state index < -0.39 is 0 Å². The molecule has 7 nitrogen and oxygen atoms in total. The number of nitrogens with zero attached hydrogens (tertiary/aromatic N) is 5. The lowest BCUT2D eigenvalue weighted by atomic mass is 10.2. The van der Waals surface area contributed by atoms with E-state index in [9.17, 15) is 9.18 Å². The van der Waals surface area contributed by atoms with E-state index in [1.807, 2.05) is 13.0 Å². The van der Waals surface area contributed by atoms with Gasteiger partial charge in [0.25, 0.3) is 5.91 Å². The van der Waals surface area contributed by atoms with E-state index in [0.717, 1.165) is 29.0 Å². The summed E-state index contributed by atoms with van der Waals surface area (Å²) in [5.74, 6) is 0.258. The van der Waals surface area contributed by atoms with Crippen molar-refractivity contribution < 1.29 is 9.18 Å². The number of nitrogens with one attached hydrogen (secondary N) is 1. The number of carbonyl (C=O) groups excluding carboxylic acids is 1. The second-order valence-corrected chi connectivity index (χ2v) is 7.74. The molecule has 0 spiro atoms. The predicted octanol–water partition coefficient (Wildman–Crippen LogP) is 4.47. The zero-order valence-corrected chi connectivity index (χ0v) is 18.7. The quantitative estimate of drug-likeness (QED) is 0.346. The lowest BCUT2D eigenvalue weighted by Gasteiger charge is -2.04. The number of aromatic nitrogens is 4. The van der Waals surface area contributed by atoms with Crippen molar-refractivity contribution >= 4 is 34.8 Å². The molecule has 1 N–H and O–H groups in total. The number of hydrogen-bond acceptors (Lipinski definition) is 4. The highest BCUT2D eigenvalue weighted by Gasteiger charge is 2.13. The minimum atomic E-state index is -0.348. The zero-order chi connectivity index (χ0) is 22.8. The van der Waals surface area contributed by atoms with Crippen LogP contribution in [-0.4, -0.2) is 31.5 Å². The minimum Gasteiger partial charge on any atom is -0.329 e. The van der Waals surface area contributed by atoms with Gasteiger partial charge in [0, 0.05) is 12.1 Å². The van der Waals surface area contributed by atoms with Gasteiger partial charge in [-0.15, -0.1) is 0 Å². The Hall–Kier alpha value is -3.52. The molecule has 2 heterocycles. The van der Waals surface area contributed by atoms with Gasteiger partial charge in [-0.1, -0.05) is 23.7 Å². The Kier molecular flexibility index (Phi) is 6.05. The van der Waals surface area contributed by atoms with E-state index in [1.54, 1.807) is 35.9 Å². The Balaban J connectivity index is 1.48. The lowest BCUT2D eigenvalue weighted by molar-refractivity contribution is 0.0955. The maximum absolute atomic E-state index is 13.1. The van der Waals surface area contributed by atoms with Crippen molar-refractivity contribution in [1.29, 1.82) is 0 Å². The number of amides is 1. The summed E-state index contributed by atoms with van der Waals surface area (Å²) in [5, 5.41) is 8.85. The van der Waals surface area contributed by atoms with Crippen LogP contribution in [0.25, 0.3) is 11.0 Å². The topological polar surface area (TPSA) is 77.1 Å². The van der Waals surface area contributed by atoms with Crippen LogP contribution in [0, 0.1) is 19.7 Å². The first kappa shape index (κ1) is 21.7. The van der Waals surface area contributed by atoms with Crippen LogP contribution in [0.5, 0.6) is 0 Å². The summed E-state index contributed by atoms with van der Waals surface area (Å²) < 4.78 is 16.8. The van der Waals surface area contributed by atoms with Crippen LogP contribution >= 0.6 is 11.6 Å². The molecule has 0 atom stereocenters. The number of carbonyl (C=O) groups is 1. The maximum atomic E-state index is 13.1. The Morgan fingerprint density at radius 3 is 2.69 bits per heavy atom. The Labute approximate surface area is 189 Å². The highest BCUT2D eigenvalue weighted by Crippen LogP contribution is 2.20. The minimum absolute atomic E-state index is 0.298. The fourth-order valence-electron chi connectivity index (χ4n) is 3.59. The standard InChI is InChI=1S/C23H22ClFN6O/c1-4-30-15(3)27-20-11-17(7-10-21(20)30)23(32)28-26-12-19-14(2)29-31(22(19)24)13-16-5-8-18(25)9-6-16/h5-12H,4,13H2,1-3H3,(H,28,32)/b26-12+. The van der Waals surface area contributed by atoms with Crippen LogP contribution < -0.4 is 5.43 Å². The van der Waals surface area contributed by atoms with Gasteiger partial charge in [0.15, 0.2) is 0 Å². The number of benzene rings is 2. The monoisotopic (exact) mass is 452 g/mol. The van der Waals surface area contributed by atoms with Gasteiger partial charge in [0.1, 0.15) is 16.8 Å². The highest BCUT2D eigenvalue weighted by atomic mass is 35.5. The van der Waals surface area contributed by atoms with Crippen molar-refractivity contribution in [1.82, 2.24) is 24.8 Å². The summed E-state index contributed by atoms with van der Waals surface area (Å²) in [6.45, 7) is 7.00. The normalized spacial score (nSPS) is 11.5. The Morgan fingerprint density at radius 1 is 1.22 bits per heavy atom. The number of imidazole rings is 1. The van der Waals surface area contributed by atoms with E-state index in [-0.39, 0.29) is 11.7 Å². The molecular weight excluding hydrogens is 431 g/mol. The molecule has 2 aromatic heterocycles. The van der Waals surface area contributed by atoms with Crippen molar-refractivity contribution in [2.24, 2.45) is 5.10 Å². The van der Waals surface area contributed by atoms with Crippen molar-refractivity contribution in [3.8, 4) is 0 Å². The molecule has 0 bridgehead atoms. The number of hydrogen-bond donors (Lipinski definition) is 1. The van der Waals surface area contributed by atoms with Crippen molar-refractivity contribution in [2.45, 2.75) is 33.9 Å². The molecule has 0 saturated heterocycles. The first-order chi connectivity index (χ1) is 15.4. The smallest absolute Gasteiger partial charge is 0.271 e. The van der Waals surface area contributed by atoms with Crippen LogP contribution in [0.1, 0.15) is 39.9 Å². The lowest BCUT2D eigenvalue weighted by Crippen LogP contribution is -2.17. The summed E-state index contributed by atoms with van der Waals surface area (Å²) in [4.78, 5) is 17.1. The molecule has 0 saturated carbocycles. The van der Waals surface area contributed by atoms with Crippen LogP contribution in [0.4, 0.5) is 4.39 Å². The summed E-state index contributed by atoms with van der Waals surface area (Å²) in [7, 11) is 0. The molecule has 0 aliphatic rings.